The summed E-state index contributed by atoms with van der Waals surface area (Å²) in [6.07, 6.45) is 0. The number of halogens is 2. The Morgan fingerprint density at radius 2 is 2.00 bits per heavy atom. The van der Waals surface area contributed by atoms with Crippen LogP contribution in [0.1, 0.15) is 11.1 Å². The van der Waals surface area contributed by atoms with Gasteiger partial charge in [0.2, 0.25) is 0 Å². The normalized spacial score (nSPS) is 11.6. The molecule has 0 aliphatic carbocycles. The molecule has 2 aromatic carbocycles. The summed E-state index contributed by atoms with van der Waals surface area (Å²) in [5.41, 5.74) is 6.98. The van der Waals surface area contributed by atoms with Gasteiger partial charge in [-0.3, -0.25) is 0 Å². The maximum Gasteiger partial charge on any atom is 0.170 e. The first-order valence-electron chi connectivity index (χ1n) is 5.75. The van der Waals surface area contributed by atoms with Crippen molar-refractivity contribution in [3.8, 4) is 0 Å². The molecule has 3 nitrogen and oxygen atoms in total. The maximum absolute atomic E-state index is 13.5. The summed E-state index contributed by atoms with van der Waals surface area (Å²) in [5, 5.41) is 11.5. The van der Waals surface area contributed by atoms with Crippen molar-refractivity contribution in [3.05, 3.63) is 65.2 Å². The summed E-state index contributed by atoms with van der Waals surface area (Å²) in [6.45, 7) is 0. The molecule has 0 saturated heterocycles. The molecule has 2 rings (SSSR count). The lowest BCUT2D eigenvalue weighted by Gasteiger charge is -2.05. The number of oxime groups is 1. The molecular formula is C14H12F2N2OS. The largest absolute Gasteiger partial charge is 0.409 e. The van der Waals surface area contributed by atoms with Crippen LogP contribution in [0.5, 0.6) is 0 Å². The van der Waals surface area contributed by atoms with Crippen molar-refractivity contribution < 1.29 is 14.0 Å². The molecule has 20 heavy (non-hydrogen) atoms. The van der Waals surface area contributed by atoms with E-state index in [4.69, 9.17) is 10.9 Å². The molecule has 0 aromatic heterocycles. The highest BCUT2D eigenvalue weighted by molar-refractivity contribution is 7.98. The van der Waals surface area contributed by atoms with Gasteiger partial charge in [-0.05, 0) is 23.8 Å². The number of nitrogens with two attached hydrogens (primary N) is 1. The van der Waals surface area contributed by atoms with Crippen LogP contribution in [0.4, 0.5) is 8.78 Å². The molecule has 0 spiro atoms. The van der Waals surface area contributed by atoms with Crippen LogP contribution in [0.15, 0.2) is 52.5 Å². The Morgan fingerprint density at radius 3 is 2.70 bits per heavy atom. The Morgan fingerprint density at radius 1 is 1.20 bits per heavy atom. The van der Waals surface area contributed by atoms with Crippen LogP contribution in [0, 0.1) is 11.6 Å². The molecule has 104 valence electrons. The first kappa shape index (κ1) is 14.3. The molecule has 0 unspecified atom stereocenters. The number of thioether (sulfide) groups is 1. The van der Waals surface area contributed by atoms with E-state index < -0.39 is 11.6 Å². The van der Waals surface area contributed by atoms with E-state index in [-0.39, 0.29) is 5.84 Å². The average Bonchev–Trinajstić information content (AvgIpc) is 2.46. The molecule has 0 radical (unpaired) electrons. The first-order chi connectivity index (χ1) is 9.60. The van der Waals surface area contributed by atoms with Crippen molar-refractivity contribution in [2.75, 3.05) is 0 Å². The molecule has 0 saturated carbocycles. The molecule has 0 aliphatic rings. The fourth-order valence-corrected chi connectivity index (χ4v) is 2.49. The molecule has 0 amide bonds. The summed E-state index contributed by atoms with van der Waals surface area (Å²) < 4.78 is 26.3. The van der Waals surface area contributed by atoms with Gasteiger partial charge in [0.15, 0.2) is 5.84 Å². The van der Waals surface area contributed by atoms with Gasteiger partial charge in [0.25, 0.3) is 0 Å². The molecule has 0 atom stereocenters. The number of benzene rings is 2. The summed E-state index contributed by atoms with van der Waals surface area (Å²) in [4.78, 5) is 0.376. The zero-order chi connectivity index (χ0) is 14.5. The van der Waals surface area contributed by atoms with Crippen molar-refractivity contribution in [1.29, 1.82) is 0 Å². The summed E-state index contributed by atoms with van der Waals surface area (Å²) >= 11 is 1.25. The predicted molar refractivity (Wildman–Crippen MR) is 74.9 cm³/mol. The van der Waals surface area contributed by atoms with E-state index in [9.17, 15) is 8.78 Å². The molecule has 0 heterocycles. The number of hydrogen-bond donors (Lipinski definition) is 2. The van der Waals surface area contributed by atoms with Crippen LogP contribution >= 0.6 is 11.8 Å². The van der Waals surface area contributed by atoms with Crippen LogP contribution in [0.3, 0.4) is 0 Å². The third-order valence-corrected chi connectivity index (χ3v) is 3.74. The Labute approximate surface area is 119 Å². The molecule has 3 N–H and O–H groups in total. The van der Waals surface area contributed by atoms with Gasteiger partial charge < -0.3 is 10.9 Å². The Balaban J connectivity index is 2.11. The second-order valence-electron chi connectivity index (χ2n) is 4.05. The van der Waals surface area contributed by atoms with Crippen LogP contribution in [-0.2, 0) is 5.75 Å². The van der Waals surface area contributed by atoms with Gasteiger partial charge in [-0.15, -0.1) is 11.8 Å². The second-order valence-corrected chi connectivity index (χ2v) is 5.07. The lowest BCUT2D eigenvalue weighted by molar-refractivity contribution is 0.318. The quantitative estimate of drug-likeness (QED) is 0.299. The van der Waals surface area contributed by atoms with Gasteiger partial charge in [-0.2, -0.15) is 0 Å². The van der Waals surface area contributed by atoms with Gasteiger partial charge >= 0.3 is 0 Å². The number of amidine groups is 1. The van der Waals surface area contributed by atoms with Gasteiger partial charge in [-0.1, -0.05) is 23.4 Å². The minimum atomic E-state index is -0.597. The van der Waals surface area contributed by atoms with E-state index in [2.05, 4.69) is 5.16 Å². The molecule has 2 aromatic rings. The van der Waals surface area contributed by atoms with Crippen molar-refractivity contribution in [2.45, 2.75) is 10.6 Å². The number of hydrogen-bond acceptors (Lipinski definition) is 3. The first-order valence-corrected chi connectivity index (χ1v) is 6.73. The highest BCUT2D eigenvalue weighted by Crippen LogP contribution is 2.26. The lowest BCUT2D eigenvalue weighted by atomic mass is 10.1. The highest BCUT2D eigenvalue weighted by Gasteiger charge is 2.06. The zero-order valence-electron chi connectivity index (χ0n) is 10.4. The highest BCUT2D eigenvalue weighted by atomic mass is 32.2. The monoisotopic (exact) mass is 294 g/mol. The van der Waals surface area contributed by atoms with Crippen LogP contribution < -0.4 is 5.73 Å². The van der Waals surface area contributed by atoms with Gasteiger partial charge in [-0.25, -0.2) is 8.78 Å². The summed E-state index contributed by atoms with van der Waals surface area (Å²) in [5.74, 6) is -0.664. The third-order valence-electron chi connectivity index (χ3n) is 2.62. The fraction of sp³-hybridized carbons (Fsp3) is 0.0714. The topological polar surface area (TPSA) is 58.6 Å². The minimum absolute atomic E-state index is 0.0183. The van der Waals surface area contributed by atoms with Crippen molar-refractivity contribution in [1.82, 2.24) is 0 Å². The number of nitrogens with zero attached hydrogens (tertiary/aromatic N) is 1. The SMILES string of the molecule is N/C(=N\O)c1cccc(CSc2ccc(F)cc2F)c1. The van der Waals surface area contributed by atoms with E-state index in [1.807, 2.05) is 6.07 Å². The number of rotatable bonds is 4. The molecule has 6 heteroatoms. The maximum atomic E-state index is 13.5. The molecule has 0 fully saturated rings. The van der Waals surface area contributed by atoms with Gasteiger partial charge in [0.05, 0.1) is 0 Å². The molecule has 0 aliphatic heterocycles. The van der Waals surface area contributed by atoms with Gasteiger partial charge in [0, 0.05) is 22.3 Å². The van der Waals surface area contributed by atoms with Crippen molar-refractivity contribution in [3.63, 3.8) is 0 Å². The third kappa shape index (κ3) is 3.48. The minimum Gasteiger partial charge on any atom is -0.409 e. The lowest BCUT2D eigenvalue weighted by Crippen LogP contribution is -2.13. The van der Waals surface area contributed by atoms with Crippen LogP contribution in [0.25, 0.3) is 0 Å². The van der Waals surface area contributed by atoms with E-state index in [1.165, 1.54) is 23.9 Å². The van der Waals surface area contributed by atoms with Crippen LogP contribution in [-0.4, -0.2) is 11.0 Å². The van der Waals surface area contributed by atoms with E-state index in [0.29, 0.717) is 16.2 Å². The summed E-state index contributed by atoms with van der Waals surface area (Å²) in [6, 6.07) is 10.6. The van der Waals surface area contributed by atoms with E-state index in [0.717, 1.165) is 11.6 Å². The standard InChI is InChI=1S/C14H12F2N2OS/c15-11-4-5-13(12(16)7-11)20-8-9-2-1-3-10(6-9)14(17)18-19/h1-7,19H,8H2,(H2,17,18). The molecular weight excluding hydrogens is 282 g/mol. The Kier molecular flexibility index (Phi) is 4.57. The fourth-order valence-electron chi connectivity index (χ4n) is 1.63. The zero-order valence-corrected chi connectivity index (χ0v) is 11.2. The Bertz CT molecular complexity index is 647. The van der Waals surface area contributed by atoms with E-state index in [1.54, 1.807) is 18.2 Å². The predicted octanol–water partition coefficient (Wildman–Crippen LogP) is 3.35. The Hall–Kier alpha value is -2.08. The van der Waals surface area contributed by atoms with Crippen molar-refractivity contribution in [2.24, 2.45) is 10.9 Å². The smallest absolute Gasteiger partial charge is 0.170 e. The van der Waals surface area contributed by atoms with Crippen LogP contribution in [0.2, 0.25) is 0 Å². The van der Waals surface area contributed by atoms with Crippen molar-refractivity contribution >= 4 is 17.6 Å². The van der Waals surface area contributed by atoms with E-state index >= 15 is 0 Å². The van der Waals surface area contributed by atoms with Gasteiger partial charge in [0.1, 0.15) is 11.6 Å². The summed E-state index contributed by atoms with van der Waals surface area (Å²) in [7, 11) is 0. The second kappa shape index (κ2) is 6.38. The average molecular weight is 294 g/mol. The molecule has 0 bridgehead atoms.